The van der Waals surface area contributed by atoms with Crippen LogP contribution in [0, 0.1) is 11.3 Å². The minimum absolute atomic E-state index is 0.201. The van der Waals surface area contributed by atoms with Crippen LogP contribution in [-0.2, 0) is 26.0 Å². The summed E-state index contributed by atoms with van der Waals surface area (Å²) in [7, 11) is -0.302. The minimum Gasteiger partial charge on any atom is -0.482 e. The lowest BCUT2D eigenvalue weighted by Gasteiger charge is -2.25. The third kappa shape index (κ3) is 6.11. The Kier molecular flexibility index (Phi) is 7.54. The molecular weight excluding hydrogens is 454 g/mol. The number of rotatable bonds is 8. The molecule has 0 unspecified atom stereocenters. The molecule has 0 amide bonds. The first-order valence-corrected chi connectivity index (χ1v) is 12.5. The summed E-state index contributed by atoms with van der Waals surface area (Å²) in [6.45, 7) is 3.43. The molecule has 4 nitrogen and oxygen atoms in total. The normalized spacial score (nSPS) is 11.0. The van der Waals surface area contributed by atoms with Crippen LogP contribution in [0.25, 0.3) is 0 Å². The third-order valence-corrected chi connectivity index (χ3v) is 7.65. The SMILES string of the molecule is CC(C)(OC(=O)COc1cccc([S+](c2ccccc2)c2ccccc2)c1)c1ccc(C#N)cc1. The van der Waals surface area contributed by atoms with Crippen molar-refractivity contribution in [2.75, 3.05) is 6.61 Å². The lowest BCUT2D eigenvalue weighted by Crippen LogP contribution is -2.28. The second-order valence-electron chi connectivity index (χ2n) is 8.37. The summed E-state index contributed by atoms with van der Waals surface area (Å²) in [6, 6.07) is 37.7. The molecule has 5 heteroatoms. The van der Waals surface area contributed by atoms with Gasteiger partial charge in [0.2, 0.25) is 0 Å². The predicted molar refractivity (Wildman–Crippen MR) is 137 cm³/mol. The van der Waals surface area contributed by atoms with E-state index in [2.05, 4.69) is 36.4 Å². The molecule has 0 aromatic heterocycles. The van der Waals surface area contributed by atoms with Crippen LogP contribution in [0.3, 0.4) is 0 Å². The summed E-state index contributed by atoms with van der Waals surface area (Å²) in [5.41, 5.74) is 0.523. The van der Waals surface area contributed by atoms with E-state index < -0.39 is 11.6 Å². The van der Waals surface area contributed by atoms with Crippen molar-refractivity contribution < 1.29 is 14.3 Å². The highest BCUT2D eigenvalue weighted by molar-refractivity contribution is 7.97. The number of esters is 1. The van der Waals surface area contributed by atoms with Gasteiger partial charge in [-0.05, 0) is 67.9 Å². The van der Waals surface area contributed by atoms with Crippen molar-refractivity contribution in [3.05, 3.63) is 120 Å². The molecule has 0 aliphatic rings. The topological polar surface area (TPSA) is 59.3 Å². The van der Waals surface area contributed by atoms with Crippen molar-refractivity contribution in [3.63, 3.8) is 0 Å². The lowest BCUT2D eigenvalue weighted by molar-refractivity contribution is -0.159. The first-order valence-electron chi connectivity index (χ1n) is 11.3. The van der Waals surface area contributed by atoms with Crippen LogP contribution in [0.1, 0.15) is 25.0 Å². The number of benzene rings is 4. The molecule has 0 radical (unpaired) electrons. The van der Waals surface area contributed by atoms with Gasteiger partial charge in [-0.15, -0.1) is 0 Å². The van der Waals surface area contributed by atoms with Gasteiger partial charge in [0.25, 0.3) is 0 Å². The van der Waals surface area contributed by atoms with E-state index in [0.29, 0.717) is 11.3 Å². The van der Waals surface area contributed by atoms with Crippen molar-refractivity contribution in [3.8, 4) is 11.8 Å². The summed E-state index contributed by atoms with van der Waals surface area (Å²) in [4.78, 5) is 16.1. The average Bonchev–Trinajstić information content (AvgIpc) is 2.89. The van der Waals surface area contributed by atoms with Gasteiger partial charge >= 0.3 is 5.97 Å². The first-order chi connectivity index (χ1) is 17.0. The van der Waals surface area contributed by atoms with Crippen LogP contribution in [-0.4, -0.2) is 12.6 Å². The quantitative estimate of drug-likeness (QED) is 0.213. The Labute approximate surface area is 209 Å². The number of carbonyl (C=O) groups is 1. The molecule has 0 aliphatic heterocycles. The molecule has 4 rings (SSSR count). The van der Waals surface area contributed by atoms with Crippen LogP contribution in [0.2, 0.25) is 0 Å². The van der Waals surface area contributed by atoms with Gasteiger partial charge < -0.3 is 9.47 Å². The Bertz CT molecular complexity index is 1270. The van der Waals surface area contributed by atoms with E-state index in [1.165, 1.54) is 9.79 Å². The Balaban J connectivity index is 1.48. The van der Waals surface area contributed by atoms with Gasteiger partial charge in [-0.3, -0.25) is 0 Å². The fourth-order valence-electron chi connectivity index (χ4n) is 3.67. The number of hydrogen-bond acceptors (Lipinski definition) is 4. The Hall–Kier alpha value is -4.01. The Morgan fingerprint density at radius 3 is 1.94 bits per heavy atom. The maximum Gasteiger partial charge on any atom is 0.345 e. The molecular formula is C30H26NO3S+. The molecule has 0 saturated carbocycles. The van der Waals surface area contributed by atoms with E-state index in [4.69, 9.17) is 14.7 Å². The fourth-order valence-corrected chi connectivity index (χ4v) is 5.80. The summed E-state index contributed by atoms with van der Waals surface area (Å²) < 4.78 is 11.5. The molecule has 0 aliphatic carbocycles. The molecule has 4 aromatic rings. The van der Waals surface area contributed by atoms with Crippen molar-refractivity contribution in [1.82, 2.24) is 0 Å². The standard InChI is InChI=1S/C30H26NO3S/c1-30(2,24-18-16-23(21-31)17-19-24)34-29(32)22-33-25-10-9-15-28(20-25)35(26-11-5-3-6-12-26)27-13-7-4-8-14-27/h3-20H,22H2,1-2H3/q+1. The molecule has 0 N–H and O–H groups in total. The van der Waals surface area contributed by atoms with E-state index in [0.717, 1.165) is 10.5 Å². The highest BCUT2D eigenvalue weighted by Crippen LogP contribution is 2.33. The zero-order valence-electron chi connectivity index (χ0n) is 19.7. The average molecular weight is 481 g/mol. The number of carbonyl (C=O) groups excluding carboxylic acids is 1. The zero-order chi connectivity index (χ0) is 24.7. The highest BCUT2D eigenvalue weighted by atomic mass is 32.2. The summed E-state index contributed by atoms with van der Waals surface area (Å²) in [5, 5.41) is 8.99. The number of nitrogens with zero attached hydrogens (tertiary/aromatic N) is 1. The van der Waals surface area contributed by atoms with Crippen LogP contribution in [0.4, 0.5) is 0 Å². The van der Waals surface area contributed by atoms with E-state index in [1.807, 2.05) is 68.4 Å². The molecule has 4 aromatic carbocycles. The molecule has 0 heterocycles. The van der Waals surface area contributed by atoms with Gasteiger partial charge in [-0.25, -0.2) is 4.79 Å². The Morgan fingerprint density at radius 1 is 0.800 bits per heavy atom. The summed E-state index contributed by atoms with van der Waals surface area (Å²) >= 11 is 0. The van der Waals surface area contributed by atoms with Crippen LogP contribution in [0.15, 0.2) is 124 Å². The Morgan fingerprint density at radius 2 is 1.37 bits per heavy atom. The van der Waals surface area contributed by atoms with Gasteiger partial charge in [0.05, 0.1) is 22.5 Å². The second kappa shape index (κ2) is 10.9. The summed E-state index contributed by atoms with van der Waals surface area (Å²) in [6.07, 6.45) is 0. The van der Waals surface area contributed by atoms with Gasteiger partial charge in [0, 0.05) is 6.07 Å². The molecule has 0 fully saturated rings. The van der Waals surface area contributed by atoms with Crippen LogP contribution < -0.4 is 4.74 Å². The largest absolute Gasteiger partial charge is 0.482 e. The molecule has 0 saturated heterocycles. The predicted octanol–water partition coefficient (Wildman–Crippen LogP) is 6.51. The second-order valence-corrected chi connectivity index (χ2v) is 10.4. The van der Waals surface area contributed by atoms with E-state index in [1.54, 1.807) is 24.3 Å². The zero-order valence-corrected chi connectivity index (χ0v) is 20.5. The minimum atomic E-state index is -0.844. The molecule has 0 spiro atoms. The highest BCUT2D eigenvalue weighted by Gasteiger charge is 2.29. The smallest absolute Gasteiger partial charge is 0.345 e. The number of ether oxygens (including phenoxy) is 2. The maximum atomic E-state index is 12.6. The van der Waals surface area contributed by atoms with E-state index in [9.17, 15) is 4.79 Å². The third-order valence-electron chi connectivity index (χ3n) is 5.43. The van der Waals surface area contributed by atoms with Crippen molar-refractivity contribution in [2.24, 2.45) is 0 Å². The number of hydrogen-bond donors (Lipinski definition) is 0. The molecule has 0 atom stereocenters. The van der Waals surface area contributed by atoms with Crippen molar-refractivity contribution in [2.45, 2.75) is 34.1 Å². The van der Waals surface area contributed by atoms with E-state index >= 15 is 0 Å². The molecule has 0 bridgehead atoms. The monoisotopic (exact) mass is 480 g/mol. The van der Waals surface area contributed by atoms with Gasteiger partial charge in [0.15, 0.2) is 21.3 Å². The first kappa shape index (κ1) is 24.1. The molecule has 174 valence electrons. The van der Waals surface area contributed by atoms with Gasteiger partial charge in [-0.1, -0.05) is 54.6 Å². The van der Waals surface area contributed by atoms with Gasteiger partial charge in [0.1, 0.15) is 11.4 Å². The maximum absolute atomic E-state index is 12.6. The van der Waals surface area contributed by atoms with Crippen LogP contribution in [0.5, 0.6) is 5.75 Å². The van der Waals surface area contributed by atoms with E-state index in [-0.39, 0.29) is 17.5 Å². The number of nitriles is 1. The molecule has 35 heavy (non-hydrogen) atoms. The van der Waals surface area contributed by atoms with Crippen molar-refractivity contribution in [1.29, 1.82) is 5.26 Å². The lowest BCUT2D eigenvalue weighted by atomic mass is 9.97. The fraction of sp³-hybridized carbons (Fsp3) is 0.133. The summed E-state index contributed by atoms with van der Waals surface area (Å²) in [5.74, 6) is 0.148. The van der Waals surface area contributed by atoms with Gasteiger partial charge in [-0.2, -0.15) is 5.26 Å². The van der Waals surface area contributed by atoms with Crippen LogP contribution >= 0.6 is 0 Å². The van der Waals surface area contributed by atoms with Crippen molar-refractivity contribution >= 4 is 16.9 Å².